The minimum atomic E-state index is 0. The minimum Gasteiger partial charge on any atom is -0.356 e. The number of aliphatic imine (C=N–C) groups is 1. The molecule has 1 aliphatic heterocycles. The Kier molecular flexibility index (Phi) is 11.2. The second-order valence-electron chi connectivity index (χ2n) is 7.36. The molecule has 0 amide bonds. The molecular weight excluding hydrogens is 534 g/mol. The molecule has 0 atom stereocenters. The Labute approximate surface area is 206 Å². The highest BCUT2D eigenvalue weighted by Crippen LogP contribution is 2.21. The van der Waals surface area contributed by atoms with E-state index < -0.39 is 0 Å². The topological polar surface area (TPSA) is 67.1 Å². The number of fused-ring (bicyclic) bond motifs is 1. The number of guanidine groups is 1. The summed E-state index contributed by atoms with van der Waals surface area (Å²) in [6.07, 6.45) is 8.61. The molecule has 2 N–H and O–H groups in total. The van der Waals surface area contributed by atoms with Gasteiger partial charge in [0.2, 0.25) is 0 Å². The Morgan fingerprint density at radius 1 is 1.07 bits per heavy atom. The van der Waals surface area contributed by atoms with Crippen LogP contribution in [-0.2, 0) is 25.8 Å². The van der Waals surface area contributed by atoms with Crippen molar-refractivity contribution in [3.63, 3.8) is 0 Å². The highest BCUT2D eigenvalue weighted by Gasteiger charge is 2.14. The maximum absolute atomic E-state index is 6.23. The largest absolute Gasteiger partial charge is 0.356 e. The first-order valence-electron chi connectivity index (χ1n) is 10.5. The van der Waals surface area contributed by atoms with E-state index >= 15 is 0 Å². The molecular formula is C21H31Cl2IN6. The van der Waals surface area contributed by atoms with Crippen LogP contribution in [0.3, 0.4) is 0 Å². The number of hydrogen-bond donors (Lipinski definition) is 2. The van der Waals surface area contributed by atoms with E-state index in [1.165, 1.54) is 19.3 Å². The molecule has 0 saturated heterocycles. The van der Waals surface area contributed by atoms with Gasteiger partial charge in [0.05, 0.1) is 0 Å². The number of nitrogens with one attached hydrogen (secondary N) is 2. The number of benzene rings is 1. The lowest BCUT2D eigenvalue weighted by molar-refractivity contribution is 0.593. The molecule has 9 heteroatoms. The van der Waals surface area contributed by atoms with Crippen LogP contribution < -0.4 is 10.6 Å². The Bertz CT molecular complexity index is 824. The summed E-state index contributed by atoms with van der Waals surface area (Å²) < 4.78 is 2.32. The minimum absolute atomic E-state index is 0. The molecule has 0 spiro atoms. The summed E-state index contributed by atoms with van der Waals surface area (Å²) in [6, 6.07) is 5.66. The van der Waals surface area contributed by atoms with Gasteiger partial charge < -0.3 is 15.2 Å². The van der Waals surface area contributed by atoms with Crippen LogP contribution in [0.4, 0.5) is 0 Å². The second-order valence-corrected chi connectivity index (χ2v) is 8.21. The van der Waals surface area contributed by atoms with Crippen LogP contribution in [0.15, 0.2) is 23.2 Å². The van der Waals surface area contributed by atoms with Gasteiger partial charge in [0, 0.05) is 49.6 Å². The van der Waals surface area contributed by atoms with E-state index in [1.54, 1.807) is 13.1 Å². The summed E-state index contributed by atoms with van der Waals surface area (Å²) in [5, 5.41) is 16.9. The maximum atomic E-state index is 6.23. The fourth-order valence-electron chi connectivity index (χ4n) is 3.61. The number of nitrogens with zero attached hydrogens (tertiary/aromatic N) is 4. The van der Waals surface area contributed by atoms with Gasteiger partial charge in [-0.25, -0.2) is 0 Å². The van der Waals surface area contributed by atoms with Gasteiger partial charge in [-0.05, 0) is 49.8 Å². The number of aryl methyl sites for hydroxylation is 3. The highest BCUT2D eigenvalue weighted by molar-refractivity contribution is 14.0. The average Bonchev–Trinajstić information content (AvgIpc) is 2.94. The predicted molar refractivity (Wildman–Crippen MR) is 135 cm³/mol. The zero-order valence-corrected chi connectivity index (χ0v) is 21.3. The van der Waals surface area contributed by atoms with E-state index in [0.29, 0.717) is 5.02 Å². The van der Waals surface area contributed by atoms with Crippen LogP contribution in [0, 0.1) is 0 Å². The Balaban J connectivity index is 0.00000320. The van der Waals surface area contributed by atoms with E-state index in [1.807, 2.05) is 12.1 Å². The van der Waals surface area contributed by atoms with Crippen molar-refractivity contribution >= 4 is 53.1 Å². The van der Waals surface area contributed by atoms with Gasteiger partial charge >= 0.3 is 0 Å². The molecule has 0 saturated carbocycles. The molecule has 30 heavy (non-hydrogen) atoms. The van der Waals surface area contributed by atoms with Crippen LogP contribution in [0.25, 0.3) is 0 Å². The lowest BCUT2D eigenvalue weighted by Gasteiger charge is -2.12. The quantitative estimate of drug-likeness (QED) is 0.212. The summed E-state index contributed by atoms with van der Waals surface area (Å²) in [6.45, 7) is 2.74. The Morgan fingerprint density at radius 3 is 2.57 bits per heavy atom. The lowest BCUT2D eigenvalue weighted by atomic mass is 10.1. The summed E-state index contributed by atoms with van der Waals surface area (Å²) in [4.78, 5) is 4.30. The summed E-state index contributed by atoms with van der Waals surface area (Å²) in [7, 11) is 1.80. The van der Waals surface area contributed by atoms with E-state index in [4.69, 9.17) is 23.2 Å². The third-order valence-corrected chi connectivity index (χ3v) is 5.80. The summed E-state index contributed by atoms with van der Waals surface area (Å²) >= 11 is 12.2. The van der Waals surface area contributed by atoms with Gasteiger partial charge in [-0.2, -0.15) is 0 Å². The molecule has 166 valence electrons. The van der Waals surface area contributed by atoms with Gasteiger partial charge in [0.25, 0.3) is 0 Å². The van der Waals surface area contributed by atoms with Gasteiger partial charge in [0.15, 0.2) is 5.96 Å². The molecule has 6 nitrogen and oxygen atoms in total. The van der Waals surface area contributed by atoms with Crippen molar-refractivity contribution in [2.75, 3.05) is 20.1 Å². The van der Waals surface area contributed by atoms with Gasteiger partial charge in [0.1, 0.15) is 11.6 Å². The van der Waals surface area contributed by atoms with Crippen molar-refractivity contribution in [2.45, 2.75) is 57.9 Å². The lowest BCUT2D eigenvalue weighted by Crippen LogP contribution is -2.38. The van der Waals surface area contributed by atoms with E-state index in [2.05, 4.69) is 30.4 Å². The SMILES string of the molecule is CN=C(NCCCc1ccc(Cl)cc1Cl)NCCCc1nnc2n1CCCCC2.I. The smallest absolute Gasteiger partial charge is 0.190 e. The molecule has 1 aromatic carbocycles. The fraction of sp³-hybridized carbons (Fsp3) is 0.571. The van der Waals surface area contributed by atoms with E-state index in [-0.39, 0.29) is 24.0 Å². The Morgan fingerprint density at radius 2 is 1.83 bits per heavy atom. The third kappa shape index (κ3) is 7.57. The predicted octanol–water partition coefficient (Wildman–Crippen LogP) is 4.66. The standard InChI is InChI=1S/C21H30Cl2N6.HI/c1-24-21(25-12-5-7-16-10-11-17(22)15-18(16)23)26-13-6-9-20-28-27-19-8-3-2-4-14-29(19)20;/h10-11,15H,2-9,12-14H2,1H3,(H2,24,25,26);1H. The molecule has 1 aliphatic rings. The molecule has 1 aromatic heterocycles. The second kappa shape index (κ2) is 13.4. The van der Waals surface area contributed by atoms with Crippen molar-refractivity contribution in [3.05, 3.63) is 45.5 Å². The third-order valence-electron chi connectivity index (χ3n) is 5.21. The van der Waals surface area contributed by atoms with Crippen molar-refractivity contribution in [1.82, 2.24) is 25.4 Å². The molecule has 2 aromatic rings. The molecule has 0 unspecified atom stereocenters. The normalized spacial score (nSPS) is 13.9. The van der Waals surface area contributed by atoms with Gasteiger partial charge in [-0.1, -0.05) is 35.7 Å². The average molecular weight is 565 g/mol. The maximum Gasteiger partial charge on any atom is 0.190 e. The highest BCUT2D eigenvalue weighted by atomic mass is 127. The molecule has 0 bridgehead atoms. The first kappa shape index (κ1) is 25.2. The summed E-state index contributed by atoms with van der Waals surface area (Å²) in [5.41, 5.74) is 1.12. The molecule has 0 aliphatic carbocycles. The van der Waals surface area contributed by atoms with Crippen LogP contribution in [0.5, 0.6) is 0 Å². The Hall–Kier alpha value is -1.06. The van der Waals surface area contributed by atoms with E-state index in [9.17, 15) is 0 Å². The number of aromatic nitrogens is 3. The molecule has 0 radical (unpaired) electrons. The summed E-state index contributed by atoms with van der Waals surface area (Å²) in [5.74, 6) is 3.10. The number of rotatable bonds is 8. The zero-order chi connectivity index (χ0) is 20.5. The van der Waals surface area contributed by atoms with Crippen molar-refractivity contribution in [3.8, 4) is 0 Å². The van der Waals surface area contributed by atoms with Crippen LogP contribution in [-0.4, -0.2) is 40.9 Å². The van der Waals surface area contributed by atoms with Crippen LogP contribution in [0.2, 0.25) is 10.0 Å². The van der Waals surface area contributed by atoms with Crippen LogP contribution in [0.1, 0.15) is 49.3 Å². The molecule has 0 fully saturated rings. The van der Waals surface area contributed by atoms with Crippen molar-refractivity contribution < 1.29 is 0 Å². The molecule has 2 heterocycles. The van der Waals surface area contributed by atoms with Crippen LogP contribution >= 0.6 is 47.2 Å². The number of halogens is 3. The first-order chi connectivity index (χ1) is 14.2. The molecule has 3 rings (SSSR count). The van der Waals surface area contributed by atoms with Crippen molar-refractivity contribution in [2.24, 2.45) is 4.99 Å². The fourth-order valence-corrected chi connectivity index (χ4v) is 4.12. The van der Waals surface area contributed by atoms with Gasteiger partial charge in [-0.15, -0.1) is 34.2 Å². The number of hydrogen-bond acceptors (Lipinski definition) is 3. The monoisotopic (exact) mass is 564 g/mol. The van der Waals surface area contributed by atoms with Crippen molar-refractivity contribution in [1.29, 1.82) is 0 Å². The first-order valence-corrected chi connectivity index (χ1v) is 11.2. The zero-order valence-electron chi connectivity index (χ0n) is 17.5. The van der Waals surface area contributed by atoms with E-state index in [0.717, 1.165) is 79.9 Å². The van der Waals surface area contributed by atoms with Gasteiger partial charge in [-0.3, -0.25) is 4.99 Å².